The summed E-state index contributed by atoms with van der Waals surface area (Å²) in [4.78, 5) is 23.6. The lowest BCUT2D eigenvalue weighted by Gasteiger charge is -2.23. The first-order valence-electron chi connectivity index (χ1n) is 5.59. The third-order valence-electron chi connectivity index (χ3n) is 3.09. The molecule has 0 fully saturated rings. The Kier molecular flexibility index (Phi) is 2.95. The predicted octanol–water partition coefficient (Wildman–Crippen LogP) is 1.95. The molecule has 1 atom stereocenters. The molecule has 1 unspecified atom stereocenters. The minimum Gasteiger partial charge on any atom is -0.466 e. The highest BCUT2D eigenvalue weighted by molar-refractivity contribution is 6.11. The van der Waals surface area contributed by atoms with Crippen LogP contribution in [0.4, 0.5) is 0 Å². The highest BCUT2D eigenvalue weighted by Gasteiger charge is 2.49. The minimum atomic E-state index is -1.36. The lowest BCUT2D eigenvalue weighted by Crippen LogP contribution is -2.38. The molecular weight excluding hydrogens is 232 g/mol. The Morgan fingerprint density at radius 3 is 2.44 bits per heavy atom. The maximum atomic E-state index is 11.9. The number of hydrogen-bond donors (Lipinski definition) is 0. The summed E-state index contributed by atoms with van der Waals surface area (Å²) in [5.41, 5.74) is 0.430. The number of rotatable bonds is 2. The van der Waals surface area contributed by atoms with Gasteiger partial charge < -0.3 is 9.47 Å². The summed E-state index contributed by atoms with van der Waals surface area (Å²) in [6.07, 6.45) is 0. The van der Waals surface area contributed by atoms with Crippen molar-refractivity contribution < 1.29 is 19.1 Å². The van der Waals surface area contributed by atoms with Gasteiger partial charge in [-0.15, -0.1) is 0 Å². The van der Waals surface area contributed by atoms with Crippen molar-refractivity contribution in [1.29, 1.82) is 0 Å². The number of carbonyl (C=O) groups excluding carboxylic acids is 2. The summed E-state index contributed by atoms with van der Waals surface area (Å²) < 4.78 is 9.93. The molecule has 18 heavy (non-hydrogen) atoms. The van der Waals surface area contributed by atoms with Crippen molar-refractivity contribution in [1.82, 2.24) is 0 Å². The quantitative estimate of drug-likeness (QED) is 0.748. The molecule has 4 heteroatoms. The van der Waals surface area contributed by atoms with E-state index in [9.17, 15) is 9.59 Å². The molecular formula is C14H14O4. The molecule has 0 amide bonds. The lowest BCUT2D eigenvalue weighted by atomic mass is 9.88. The number of hydrogen-bond acceptors (Lipinski definition) is 4. The summed E-state index contributed by atoms with van der Waals surface area (Å²) in [5, 5.41) is 0. The number of ether oxygens (including phenoxy) is 2. The average Bonchev–Trinajstić information content (AvgIpc) is 2.61. The second-order valence-electron chi connectivity index (χ2n) is 4.28. The van der Waals surface area contributed by atoms with E-state index < -0.39 is 17.5 Å². The van der Waals surface area contributed by atoms with E-state index in [-0.39, 0.29) is 0 Å². The van der Waals surface area contributed by atoms with Gasteiger partial charge in [-0.2, -0.15) is 0 Å². The van der Waals surface area contributed by atoms with Gasteiger partial charge in [-0.05, 0) is 19.4 Å². The van der Waals surface area contributed by atoms with Gasteiger partial charge in [0.25, 0.3) is 0 Å². The van der Waals surface area contributed by atoms with Crippen LogP contribution in [0.5, 0.6) is 0 Å². The van der Waals surface area contributed by atoms with Crippen LogP contribution in [0.3, 0.4) is 0 Å². The van der Waals surface area contributed by atoms with E-state index in [4.69, 9.17) is 9.47 Å². The van der Waals surface area contributed by atoms with Crippen molar-refractivity contribution in [2.75, 3.05) is 7.11 Å². The zero-order chi connectivity index (χ0) is 13.3. The lowest BCUT2D eigenvalue weighted by molar-refractivity contribution is -0.166. The molecule has 1 heterocycles. The standard InChI is InChI=1S/C14H14O4/c1-9-11(10-7-5-4-6-8-10)14(2,13(16)17-3)18-12(9)15/h4-8H,1-3H3. The van der Waals surface area contributed by atoms with Gasteiger partial charge in [0.2, 0.25) is 5.60 Å². The molecule has 0 saturated heterocycles. The van der Waals surface area contributed by atoms with Crippen LogP contribution >= 0.6 is 0 Å². The summed E-state index contributed by atoms with van der Waals surface area (Å²) >= 11 is 0. The van der Waals surface area contributed by atoms with Crippen LogP contribution in [0.2, 0.25) is 0 Å². The first-order valence-corrected chi connectivity index (χ1v) is 5.59. The van der Waals surface area contributed by atoms with Crippen molar-refractivity contribution in [3.8, 4) is 0 Å². The molecule has 0 saturated carbocycles. The zero-order valence-electron chi connectivity index (χ0n) is 10.5. The van der Waals surface area contributed by atoms with Crippen LogP contribution in [0.25, 0.3) is 5.57 Å². The van der Waals surface area contributed by atoms with Crippen molar-refractivity contribution in [2.45, 2.75) is 19.4 Å². The van der Waals surface area contributed by atoms with Crippen LogP contribution in [0.15, 0.2) is 35.9 Å². The van der Waals surface area contributed by atoms with Crippen LogP contribution in [-0.2, 0) is 19.1 Å². The smallest absolute Gasteiger partial charge is 0.354 e. The van der Waals surface area contributed by atoms with E-state index in [1.807, 2.05) is 30.3 Å². The third-order valence-corrected chi connectivity index (χ3v) is 3.09. The molecule has 0 aromatic heterocycles. The van der Waals surface area contributed by atoms with E-state index in [0.29, 0.717) is 11.1 Å². The minimum absolute atomic E-state index is 0.439. The van der Waals surface area contributed by atoms with E-state index in [2.05, 4.69) is 0 Å². The van der Waals surface area contributed by atoms with Crippen LogP contribution in [-0.4, -0.2) is 24.6 Å². The van der Waals surface area contributed by atoms with Gasteiger partial charge >= 0.3 is 11.9 Å². The molecule has 0 aliphatic carbocycles. The first-order chi connectivity index (χ1) is 8.50. The maximum absolute atomic E-state index is 11.9. The molecule has 0 bridgehead atoms. The van der Waals surface area contributed by atoms with E-state index in [1.54, 1.807) is 13.8 Å². The second kappa shape index (κ2) is 4.29. The fourth-order valence-electron chi connectivity index (χ4n) is 2.21. The molecule has 4 nitrogen and oxygen atoms in total. The fraction of sp³-hybridized carbons (Fsp3) is 0.286. The molecule has 94 valence electrons. The summed E-state index contributed by atoms with van der Waals surface area (Å²) in [7, 11) is 1.28. The molecule has 1 aliphatic rings. The highest BCUT2D eigenvalue weighted by atomic mass is 16.6. The monoisotopic (exact) mass is 246 g/mol. The SMILES string of the molecule is COC(=O)C1(C)OC(=O)C(C)=C1c1ccccc1. The Morgan fingerprint density at radius 1 is 1.28 bits per heavy atom. The zero-order valence-corrected chi connectivity index (χ0v) is 10.5. The van der Waals surface area contributed by atoms with Crippen molar-refractivity contribution in [3.63, 3.8) is 0 Å². The second-order valence-corrected chi connectivity index (χ2v) is 4.28. The van der Waals surface area contributed by atoms with Crippen LogP contribution in [0, 0.1) is 0 Å². The van der Waals surface area contributed by atoms with E-state index in [0.717, 1.165) is 5.56 Å². The average molecular weight is 246 g/mol. The van der Waals surface area contributed by atoms with Crippen molar-refractivity contribution >= 4 is 17.5 Å². The fourth-order valence-corrected chi connectivity index (χ4v) is 2.21. The van der Waals surface area contributed by atoms with Gasteiger partial charge in [0.1, 0.15) is 0 Å². The Hall–Kier alpha value is -2.10. The van der Waals surface area contributed by atoms with Crippen LogP contribution in [0.1, 0.15) is 19.4 Å². The van der Waals surface area contributed by atoms with E-state index >= 15 is 0 Å². The Balaban J connectivity index is 2.59. The van der Waals surface area contributed by atoms with Crippen molar-refractivity contribution in [2.24, 2.45) is 0 Å². The van der Waals surface area contributed by atoms with Crippen LogP contribution < -0.4 is 0 Å². The maximum Gasteiger partial charge on any atom is 0.354 e. The third kappa shape index (κ3) is 1.70. The summed E-state index contributed by atoms with van der Waals surface area (Å²) in [5.74, 6) is -1.06. The topological polar surface area (TPSA) is 52.6 Å². The van der Waals surface area contributed by atoms with Gasteiger partial charge in [-0.3, -0.25) is 0 Å². The normalized spacial score (nSPS) is 22.9. The molecule has 1 aliphatic heterocycles. The Morgan fingerprint density at radius 2 is 1.89 bits per heavy atom. The van der Waals surface area contributed by atoms with Gasteiger partial charge in [-0.25, -0.2) is 9.59 Å². The molecule has 0 N–H and O–H groups in total. The number of methoxy groups -OCH3 is 1. The molecule has 0 radical (unpaired) electrons. The predicted molar refractivity (Wildman–Crippen MR) is 65.5 cm³/mol. The first kappa shape index (κ1) is 12.4. The largest absolute Gasteiger partial charge is 0.466 e. The van der Waals surface area contributed by atoms with Gasteiger partial charge in [-0.1, -0.05) is 30.3 Å². The van der Waals surface area contributed by atoms with Crippen molar-refractivity contribution in [3.05, 3.63) is 41.5 Å². The molecule has 1 aromatic carbocycles. The Labute approximate surface area is 105 Å². The number of esters is 2. The summed E-state index contributed by atoms with van der Waals surface area (Å²) in [6, 6.07) is 9.22. The number of carbonyl (C=O) groups is 2. The molecule has 0 spiro atoms. The Bertz CT molecular complexity index is 530. The number of cyclic esters (lactones) is 1. The number of benzene rings is 1. The van der Waals surface area contributed by atoms with Gasteiger partial charge in [0, 0.05) is 11.1 Å². The molecule has 2 rings (SSSR count). The van der Waals surface area contributed by atoms with E-state index in [1.165, 1.54) is 7.11 Å². The van der Waals surface area contributed by atoms with Gasteiger partial charge in [0.05, 0.1) is 7.11 Å². The molecule has 1 aromatic rings. The highest BCUT2D eigenvalue weighted by Crippen LogP contribution is 2.40. The van der Waals surface area contributed by atoms with Gasteiger partial charge in [0.15, 0.2) is 0 Å². The summed E-state index contributed by atoms with van der Waals surface area (Å²) in [6.45, 7) is 3.20.